The summed E-state index contributed by atoms with van der Waals surface area (Å²) in [5.41, 5.74) is 3.22. The fourth-order valence-electron chi connectivity index (χ4n) is 4.69. The molecule has 2 aromatic rings. The molecule has 0 radical (unpaired) electrons. The summed E-state index contributed by atoms with van der Waals surface area (Å²) in [6.45, 7) is 4.00. The number of amides is 2. The first-order valence-corrected chi connectivity index (χ1v) is 13.5. The molecule has 1 aliphatic rings. The van der Waals surface area contributed by atoms with E-state index in [0.717, 1.165) is 36.1 Å². The molecular weight excluding hydrogens is 511 g/mol. The summed E-state index contributed by atoms with van der Waals surface area (Å²) in [6, 6.07) is 10.2. The second-order valence-electron chi connectivity index (χ2n) is 9.74. The van der Waals surface area contributed by atoms with E-state index in [1.807, 2.05) is 13.0 Å². The molecule has 214 valence electrons. The number of fused-ring (bicyclic) bond motifs is 1. The third-order valence-electron chi connectivity index (χ3n) is 6.53. The van der Waals surface area contributed by atoms with Crippen LogP contribution in [0.15, 0.2) is 36.4 Å². The van der Waals surface area contributed by atoms with Crippen molar-refractivity contribution in [2.24, 2.45) is 0 Å². The Morgan fingerprint density at radius 3 is 2.49 bits per heavy atom. The van der Waals surface area contributed by atoms with Gasteiger partial charge < -0.3 is 25.0 Å². The number of rotatable bonds is 14. The maximum Gasteiger partial charge on any atom is 0.422 e. The third-order valence-corrected chi connectivity index (χ3v) is 6.53. The number of carbonyl (C=O) groups excluding carboxylic acids is 2. The van der Waals surface area contributed by atoms with Crippen molar-refractivity contribution < 1.29 is 32.2 Å². The number of carbonyl (C=O) groups is 2. The highest BCUT2D eigenvalue weighted by Gasteiger charge is 2.30. The predicted octanol–water partition coefficient (Wildman–Crippen LogP) is 5.06. The standard InChI is InChI=1S/C29H38F3N3O4/c1-4-5-6-11-26(36)35-14-12-22-17-21(18-23(27(22)35)28(37)33-3)16-20(2)34-13-15-38-24-9-7-8-10-25(24)39-19-29(30,31)32/h7-10,17-18,20,34H,4-6,11-16,19H2,1-3H3,(H,33,37). The van der Waals surface area contributed by atoms with Crippen molar-refractivity contribution in [3.63, 3.8) is 0 Å². The maximum atomic E-state index is 12.9. The number of unbranched alkanes of at least 4 members (excludes halogenated alkanes) is 2. The van der Waals surface area contributed by atoms with Gasteiger partial charge in [-0.25, -0.2) is 0 Å². The summed E-state index contributed by atoms with van der Waals surface area (Å²) < 4.78 is 48.0. The minimum Gasteiger partial charge on any atom is -0.488 e. The number of hydrogen-bond acceptors (Lipinski definition) is 5. The van der Waals surface area contributed by atoms with Crippen molar-refractivity contribution in [3.8, 4) is 11.5 Å². The number of hydrogen-bond donors (Lipinski definition) is 2. The molecule has 0 aromatic heterocycles. The van der Waals surface area contributed by atoms with Crippen molar-refractivity contribution in [1.29, 1.82) is 0 Å². The molecule has 2 amide bonds. The monoisotopic (exact) mass is 549 g/mol. The van der Waals surface area contributed by atoms with Crippen LogP contribution in [0.3, 0.4) is 0 Å². The SMILES string of the molecule is CCCCCC(=O)N1CCc2cc(CC(C)NCCOc3ccccc3OCC(F)(F)F)cc(C(=O)NC)c21. The fourth-order valence-corrected chi connectivity index (χ4v) is 4.69. The molecular formula is C29H38F3N3O4. The molecule has 3 rings (SSSR count). The van der Waals surface area contributed by atoms with Gasteiger partial charge in [-0.3, -0.25) is 9.59 Å². The first-order valence-electron chi connectivity index (χ1n) is 13.5. The first-order chi connectivity index (χ1) is 18.6. The molecule has 0 spiro atoms. The average Bonchev–Trinajstić information content (AvgIpc) is 3.33. The highest BCUT2D eigenvalue weighted by molar-refractivity contribution is 6.06. The van der Waals surface area contributed by atoms with Crippen LogP contribution in [0.1, 0.15) is 61.0 Å². The molecule has 0 saturated carbocycles. The molecule has 10 heteroatoms. The second-order valence-corrected chi connectivity index (χ2v) is 9.74. The molecule has 1 atom stereocenters. The number of para-hydroxylation sites is 2. The third kappa shape index (κ3) is 8.88. The minimum atomic E-state index is -4.43. The van der Waals surface area contributed by atoms with Gasteiger partial charge in [0.2, 0.25) is 5.91 Å². The normalized spacial score (nSPS) is 13.6. The van der Waals surface area contributed by atoms with Gasteiger partial charge in [-0.05, 0) is 55.5 Å². The Morgan fingerprint density at radius 2 is 1.82 bits per heavy atom. The molecule has 0 bridgehead atoms. The lowest BCUT2D eigenvalue weighted by Crippen LogP contribution is -2.32. The number of ether oxygens (including phenoxy) is 2. The van der Waals surface area contributed by atoms with Crippen molar-refractivity contribution >= 4 is 17.5 Å². The van der Waals surface area contributed by atoms with E-state index in [4.69, 9.17) is 9.47 Å². The van der Waals surface area contributed by atoms with Gasteiger partial charge in [-0.15, -0.1) is 0 Å². The largest absolute Gasteiger partial charge is 0.488 e. The van der Waals surface area contributed by atoms with Crippen LogP contribution in [0.2, 0.25) is 0 Å². The van der Waals surface area contributed by atoms with Gasteiger partial charge >= 0.3 is 6.18 Å². The van der Waals surface area contributed by atoms with Gasteiger partial charge in [0.1, 0.15) is 6.61 Å². The lowest BCUT2D eigenvalue weighted by molar-refractivity contribution is -0.153. The smallest absolute Gasteiger partial charge is 0.422 e. The van der Waals surface area contributed by atoms with Crippen LogP contribution in [0.5, 0.6) is 11.5 Å². The maximum absolute atomic E-state index is 12.9. The molecule has 1 heterocycles. The number of nitrogens with one attached hydrogen (secondary N) is 2. The van der Waals surface area contributed by atoms with Gasteiger partial charge in [0.25, 0.3) is 5.91 Å². The number of benzene rings is 2. The fraction of sp³-hybridized carbons (Fsp3) is 0.517. The van der Waals surface area contributed by atoms with E-state index in [-0.39, 0.29) is 36.0 Å². The molecule has 0 aliphatic carbocycles. The molecule has 2 aromatic carbocycles. The Bertz CT molecular complexity index is 1120. The molecule has 39 heavy (non-hydrogen) atoms. The summed E-state index contributed by atoms with van der Waals surface area (Å²) >= 11 is 0. The summed E-state index contributed by atoms with van der Waals surface area (Å²) in [7, 11) is 1.58. The van der Waals surface area contributed by atoms with E-state index in [9.17, 15) is 22.8 Å². The van der Waals surface area contributed by atoms with E-state index in [0.29, 0.717) is 37.9 Å². The van der Waals surface area contributed by atoms with E-state index in [1.165, 1.54) is 6.07 Å². The number of alkyl halides is 3. The van der Waals surface area contributed by atoms with Crippen LogP contribution in [-0.4, -0.2) is 57.4 Å². The van der Waals surface area contributed by atoms with Crippen molar-refractivity contribution in [1.82, 2.24) is 10.6 Å². The van der Waals surface area contributed by atoms with Gasteiger partial charge in [0, 0.05) is 32.6 Å². The average molecular weight is 550 g/mol. The van der Waals surface area contributed by atoms with Gasteiger partial charge in [0.15, 0.2) is 18.1 Å². The highest BCUT2D eigenvalue weighted by Crippen LogP contribution is 2.34. The van der Waals surface area contributed by atoms with Gasteiger partial charge in [-0.1, -0.05) is 38.0 Å². The van der Waals surface area contributed by atoms with Crippen LogP contribution in [0.25, 0.3) is 0 Å². The number of anilines is 1. The molecule has 0 fully saturated rings. The van der Waals surface area contributed by atoms with E-state index in [1.54, 1.807) is 30.1 Å². The van der Waals surface area contributed by atoms with E-state index >= 15 is 0 Å². The van der Waals surface area contributed by atoms with Crippen LogP contribution in [0.4, 0.5) is 18.9 Å². The topological polar surface area (TPSA) is 79.9 Å². The van der Waals surface area contributed by atoms with Gasteiger partial charge in [-0.2, -0.15) is 13.2 Å². The quantitative estimate of drug-likeness (QED) is 0.322. The van der Waals surface area contributed by atoms with E-state index < -0.39 is 12.8 Å². The molecule has 1 unspecified atom stereocenters. The molecule has 1 aliphatic heterocycles. The van der Waals surface area contributed by atoms with Crippen LogP contribution in [0, 0.1) is 0 Å². The van der Waals surface area contributed by atoms with Crippen molar-refractivity contribution in [3.05, 3.63) is 53.1 Å². The summed E-state index contributed by atoms with van der Waals surface area (Å²) in [6.07, 6.45) is 0.283. The van der Waals surface area contributed by atoms with Gasteiger partial charge in [0.05, 0.1) is 11.3 Å². The predicted molar refractivity (Wildman–Crippen MR) is 145 cm³/mol. The molecule has 7 nitrogen and oxygen atoms in total. The Balaban J connectivity index is 1.59. The Kier molecular flexibility index (Phi) is 11.0. The summed E-state index contributed by atoms with van der Waals surface area (Å²) in [4.78, 5) is 27.4. The zero-order chi connectivity index (χ0) is 28.4. The summed E-state index contributed by atoms with van der Waals surface area (Å²) in [5, 5.41) is 6.05. The van der Waals surface area contributed by atoms with Crippen molar-refractivity contribution in [2.45, 2.75) is 64.6 Å². The molecule has 0 saturated heterocycles. The Labute approximate surface area is 228 Å². The Morgan fingerprint density at radius 1 is 1.10 bits per heavy atom. The minimum absolute atomic E-state index is 0.0362. The lowest BCUT2D eigenvalue weighted by Gasteiger charge is -2.21. The zero-order valence-electron chi connectivity index (χ0n) is 22.8. The van der Waals surface area contributed by atoms with Crippen LogP contribution >= 0.6 is 0 Å². The summed E-state index contributed by atoms with van der Waals surface area (Å²) in [5.74, 6) is 0.127. The number of halogens is 3. The van der Waals surface area contributed by atoms with Crippen molar-refractivity contribution in [2.75, 3.05) is 38.3 Å². The Hall–Kier alpha value is -3.27. The molecule has 2 N–H and O–H groups in total. The van der Waals surface area contributed by atoms with Crippen LogP contribution in [-0.2, 0) is 17.6 Å². The van der Waals surface area contributed by atoms with Crippen LogP contribution < -0.4 is 25.0 Å². The lowest BCUT2D eigenvalue weighted by atomic mass is 9.98. The number of nitrogens with zero attached hydrogens (tertiary/aromatic N) is 1. The zero-order valence-corrected chi connectivity index (χ0v) is 22.8. The highest BCUT2D eigenvalue weighted by atomic mass is 19.4. The van der Waals surface area contributed by atoms with E-state index in [2.05, 4.69) is 23.6 Å². The second kappa shape index (κ2) is 14.2. The first kappa shape index (κ1) is 30.3.